The van der Waals surface area contributed by atoms with Gasteiger partial charge in [0.2, 0.25) is 0 Å². The van der Waals surface area contributed by atoms with E-state index in [9.17, 15) is 13.6 Å². The Morgan fingerprint density at radius 2 is 1.87 bits per heavy atom. The zero-order chi connectivity index (χ0) is 16.2. The normalized spacial score (nSPS) is 10.5. The number of esters is 1. The molecular formula is C17H11F2NO3. The number of halogens is 2. The maximum atomic E-state index is 13.7. The summed E-state index contributed by atoms with van der Waals surface area (Å²) in [6.45, 7) is -0.111. The van der Waals surface area contributed by atoms with Crippen LogP contribution in [0.4, 0.5) is 8.78 Å². The van der Waals surface area contributed by atoms with Gasteiger partial charge in [-0.05, 0) is 24.3 Å². The summed E-state index contributed by atoms with van der Waals surface area (Å²) < 4.78 is 36.7. The molecular weight excluding hydrogens is 304 g/mol. The van der Waals surface area contributed by atoms with Gasteiger partial charge >= 0.3 is 5.97 Å². The van der Waals surface area contributed by atoms with Crippen LogP contribution in [0.15, 0.2) is 59.1 Å². The Kier molecular flexibility index (Phi) is 4.14. The lowest BCUT2D eigenvalue weighted by atomic mass is 10.1. The number of hydrogen-bond donors (Lipinski definition) is 0. The maximum absolute atomic E-state index is 13.7. The first kappa shape index (κ1) is 14.9. The molecule has 0 atom stereocenters. The van der Waals surface area contributed by atoms with E-state index < -0.39 is 17.6 Å². The molecule has 4 nitrogen and oxygen atoms in total. The third-order valence-electron chi connectivity index (χ3n) is 3.12. The van der Waals surface area contributed by atoms with Gasteiger partial charge in [-0.15, -0.1) is 0 Å². The average molecular weight is 315 g/mol. The van der Waals surface area contributed by atoms with Crippen molar-refractivity contribution in [1.82, 2.24) is 5.16 Å². The lowest BCUT2D eigenvalue weighted by Gasteiger charge is -2.01. The highest BCUT2D eigenvalue weighted by Crippen LogP contribution is 2.24. The van der Waals surface area contributed by atoms with Crippen LogP contribution in [0.25, 0.3) is 11.3 Å². The van der Waals surface area contributed by atoms with Crippen LogP contribution in [-0.2, 0) is 11.3 Å². The van der Waals surface area contributed by atoms with Crippen LogP contribution in [-0.4, -0.2) is 11.1 Å². The van der Waals surface area contributed by atoms with Crippen molar-refractivity contribution in [3.05, 3.63) is 77.5 Å². The third kappa shape index (κ3) is 3.42. The number of nitrogens with zero attached hydrogens (tertiary/aromatic N) is 1. The third-order valence-corrected chi connectivity index (χ3v) is 3.12. The summed E-state index contributed by atoms with van der Waals surface area (Å²) in [6.07, 6.45) is 0. The van der Waals surface area contributed by atoms with Gasteiger partial charge in [-0.25, -0.2) is 13.6 Å². The van der Waals surface area contributed by atoms with E-state index in [1.807, 2.05) is 0 Å². The Balaban J connectivity index is 1.69. The minimum atomic E-state index is -0.756. The van der Waals surface area contributed by atoms with Crippen molar-refractivity contribution in [2.24, 2.45) is 0 Å². The number of ether oxygens (including phenoxy) is 1. The molecule has 0 radical (unpaired) electrons. The molecule has 116 valence electrons. The summed E-state index contributed by atoms with van der Waals surface area (Å²) in [5.41, 5.74) is 0.827. The molecule has 6 heteroatoms. The molecule has 0 spiro atoms. The summed E-state index contributed by atoms with van der Waals surface area (Å²) in [5, 5.41) is 3.71. The second-order valence-corrected chi connectivity index (χ2v) is 4.75. The minimum Gasteiger partial charge on any atom is -0.455 e. The first-order chi connectivity index (χ1) is 11.1. The molecule has 0 bridgehead atoms. The molecule has 0 fully saturated rings. The molecule has 2 aromatic carbocycles. The summed E-state index contributed by atoms with van der Waals surface area (Å²) in [7, 11) is 0. The van der Waals surface area contributed by atoms with E-state index in [4.69, 9.17) is 9.26 Å². The van der Waals surface area contributed by atoms with Gasteiger partial charge in [-0.3, -0.25) is 0 Å². The lowest BCUT2D eigenvalue weighted by molar-refractivity contribution is 0.0464. The first-order valence-corrected chi connectivity index (χ1v) is 6.76. The number of hydrogen-bond acceptors (Lipinski definition) is 4. The number of rotatable bonds is 4. The van der Waals surface area contributed by atoms with E-state index >= 15 is 0 Å². The smallest absolute Gasteiger partial charge is 0.338 e. The molecule has 0 aliphatic rings. The quantitative estimate of drug-likeness (QED) is 0.683. The zero-order valence-electron chi connectivity index (χ0n) is 11.8. The van der Waals surface area contributed by atoms with Crippen LogP contribution >= 0.6 is 0 Å². The molecule has 0 aliphatic carbocycles. The molecule has 1 heterocycles. The Hall–Kier alpha value is -3.02. The summed E-state index contributed by atoms with van der Waals surface area (Å²) in [4.78, 5) is 11.8. The Morgan fingerprint density at radius 3 is 2.61 bits per heavy atom. The Morgan fingerprint density at radius 1 is 1.09 bits per heavy atom. The topological polar surface area (TPSA) is 52.3 Å². The average Bonchev–Trinajstić information content (AvgIpc) is 3.02. The standard InChI is InChI=1S/C17H11F2NO3/c18-12-6-7-14(15(19)8-12)16-9-13(20-23-16)10-22-17(21)11-4-2-1-3-5-11/h1-9H,10H2. The van der Waals surface area contributed by atoms with E-state index in [1.54, 1.807) is 30.3 Å². The second kappa shape index (κ2) is 6.39. The number of aromatic nitrogens is 1. The summed E-state index contributed by atoms with van der Waals surface area (Å²) in [6, 6.07) is 13.1. The molecule has 0 amide bonds. The van der Waals surface area contributed by atoms with Crippen LogP contribution in [0.1, 0.15) is 16.1 Å². The first-order valence-electron chi connectivity index (χ1n) is 6.76. The van der Waals surface area contributed by atoms with Crippen molar-refractivity contribution in [3.8, 4) is 11.3 Å². The van der Waals surface area contributed by atoms with E-state index in [1.165, 1.54) is 12.1 Å². The van der Waals surface area contributed by atoms with Gasteiger partial charge in [0.05, 0.1) is 11.1 Å². The van der Waals surface area contributed by atoms with Crippen molar-refractivity contribution >= 4 is 5.97 Å². The van der Waals surface area contributed by atoms with Crippen molar-refractivity contribution in [1.29, 1.82) is 0 Å². The van der Waals surface area contributed by atoms with Crippen molar-refractivity contribution in [2.75, 3.05) is 0 Å². The monoisotopic (exact) mass is 315 g/mol. The highest BCUT2D eigenvalue weighted by molar-refractivity contribution is 5.89. The zero-order valence-corrected chi connectivity index (χ0v) is 11.8. The summed E-state index contributed by atoms with van der Waals surface area (Å²) in [5.74, 6) is -1.80. The Labute approximate surface area is 130 Å². The second-order valence-electron chi connectivity index (χ2n) is 4.75. The van der Waals surface area contributed by atoms with Crippen LogP contribution in [0.3, 0.4) is 0 Å². The Bertz CT molecular complexity index is 831. The molecule has 0 aliphatic heterocycles. The van der Waals surface area contributed by atoms with Crippen molar-refractivity contribution in [3.63, 3.8) is 0 Å². The number of benzene rings is 2. The van der Waals surface area contributed by atoms with Gasteiger partial charge in [0.15, 0.2) is 5.76 Å². The van der Waals surface area contributed by atoms with E-state index in [-0.39, 0.29) is 17.9 Å². The van der Waals surface area contributed by atoms with E-state index in [2.05, 4.69) is 5.16 Å². The predicted octanol–water partition coefficient (Wildman–Crippen LogP) is 3.98. The van der Waals surface area contributed by atoms with Crippen LogP contribution in [0, 0.1) is 11.6 Å². The van der Waals surface area contributed by atoms with Gasteiger partial charge in [0.25, 0.3) is 0 Å². The highest BCUT2D eigenvalue weighted by atomic mass is 19.1. The molecule has 0 unspecified atom stereocenters. The van der Waals surface area contributed by atoms with Gasteiger partial charge in [0.1, 0.15) is 23.9 Å². The van der Waals surface area contributed by atoms with Crippen LogP contribution in [0.5, 0.6) is 0 Å². The molecule has 3 aromatic rings. The largest absolute Gasteiger partial charge is 0.455 e. The van der Waals surface area contributed by atoms with Crippen LogP contribution in [0.2, 0.25) is 0 Å². The van der Waals surface area contributed by atoms with E-state index in [0.29, 0.717) is 11.3 Å². The molecule has 0 saturated heterocycles. The molecule has 1 aromatic heterocycles. The highest BCUT2D eigenvalue weighted by Gasteiger charge is 2.14. The van der Waals surface area contributed by atoms with Crippen molar-refractivity contribution in [2.45, 2.75) is 6.61 Å². The molecule has 3 rings (SSSR count). The molecule has 23 heavy (non-hydrogen) atoms. The number of carbonyl (C=O) groups is 1. The number of carbonyl (C=O) groups excluding carboxylic acids is 1. The van der Waals surface area contributed by atoms with Crippen molar-refractivity contribution < 1.29 is 22.8 Å². The lowest BCUT2D eigenvalue weighted by Crippen LogP contribution is -2.04. The summed E-state index contributed by atoms with van der Waals surface area (Å²) >= 11 is 0. The molecule has 0 N–H and O–H groups in total. The van der Waals surface area contributed by atoms with E-state index in [0.717, 1.165) is 12.1 Å². The van der Waals surface area contributed by atoms with Gasteiger partial charge in [-0.1, -0.05) is 23.4 Å². The predicted molar refractivity (Wildman–Crippen MR) is 77.4 cm³/mol. The fourth-order valence-electron chi connectivity index (χ4n) is 1.99. The minimum absolute atomic E-state index is 0.0829. The van der Waals surface area contributed by atoms with Crippen LogP contribution < -0.4 is 0 Å². The van der Waals surface area contributed by atoms with Gasteiger partial charge < -0.3 is 9.26 Å². The van der Waals surface area contributed by atoms with Gasteiger partial charge in [-0.2, -0.15) is 0 Å². The van der Waals surface area contributed by atoms with Gasteiger partial charge in [0, 0.05) is 12.1 Å². The SMILES string of the molecule is O=C(OCc1cc(-c2ccc(F)cc2F)on1)c1ccccc1. The fourth-order valence-corrected chi connectivity index (χ4v) is 1.99. The fraction of sp³-hybridized carbons (Fsp3) is 0.0588. The molecule has 0 saturated carbocycles. The maximum Gasteiger partial charge on any atom is 0.338 e.